The Morgan fingerprint density at radius 2 is 2.27 bits per heavy atom. The first-order valence-corrected chi connectivity index (χ1v) is 6.59. The molecule has 0 spiro atoms. The summed E-state index contributed by atoms with van der Waals surface area (Å²) in [6, 6.07) is 6.44. The van der Waals surface area contributed by atoms with Gasteiger partial charge in [0.2, 0.25) is 0 Å². The number of allylic oxidation sites excluding steroid dienone is 1. The highest BCUT2D eigenvalue weighted by Crippen LogP contribution is 2.24. The van der Waals surface area contributed by atoms with Gasteiger partial charge < -0.3 is 5.32 Å². The van der Waals surface area contributed by atoms with Crippen LogP contribution >= 0.6 is 34.2 Å². The van der Waals surface area contributed by atoms with E-state index in [-0.39, 0.29) is 0 Å². The Morgan fingerprint density at radius 3 is 2.93 bits per heavy atom. The van der Waals surface area contributed by atoms with E-state index in [1.54, 1.807) is 0 Å². The van der Waals surface area contributed by atoms with E-state index < -0.39 is 0 Å². The van der Waals surface area contributed by atoms with E-state index in [4.69, 9.17) is 11.6 Å². The number of benzene rings is 1. The molecule has 1 aliphatic rings. The van der Waals surface area contributed by atoms with Crippen molar-refractivity contribution in [3.8, 4) is 0 Å². The molecule has 2 rings (SSSR count). The van der Waals surface area contributed by atoms with Gasteiger partial charge in [0.1, 0.15) is 0 Å². The van der Waals surface area contributed by atoms with Crippen LogP contribution in [0.2, 0.25) is 5.02 Å². The zero-order valence-corrected chi connectivity index (χ0v) is 11.3. The van der Waals surface area contributed by atoms with E-state index in [9.17, 15) is 0 Å². The molecule has 0 fully saturated rings. The molecule has 0 amide bonds. The van der Waals surface area contributed by atoms with Crippen molar-refractivity contribution in [1.29, 1.82) is 0 Å². The van der Waals surface area contributed by atoms with Crippen LogP contribution in [0.3, 0.4) is 0 Å². The molecule has 1 nitrogen and oxygen atoms in total. The van der Waals surface area contributed by atoms with Crippen molar-refractivity contribution in [2.24, 2.45) is 0 Å². The summed E-state index contributed by atoms with van der Waals surface area (Å²) < 4.78 is 1.18. The first-order valence-electron chi connectivity index (χ1n) is 5.14. The van der Waals surface area contributed by atoms with Gasteiger partial charge in [-0.25, -0.2) is 0 Å². The summed E-state index contributed by atoms with van der Waals surface area (Å²) in [7, 11) is 0. The van der Waals surface area contributed by atoms with E-state index in [1.165, 1.54) is 28.5 Å². The van der Waals surface area contributed by atoms with Gasteiger partial charge in [-0.15, -0.1) is 0 Å². The van der Waals surface area contributed by atoms with Crippen LogP contribution in [0, 0.1) is 3.57 Å². The van der Waals surface area contributed by atoms with Crippen LogP contribution in [-0.4, -0.2) is 6.04 Å². The SMILES string of the molecule is Clc1ccc(NC2C=CCCC2)c(I)c1. The van der Waals surface area contributed by atoms with Crippen molar-refractivity contribution in [1.82, 2.24) is 0 Å². The van der Waals surface area contributed by atoms with Crippen LogP contribution in [0.5, 0.6) is 0 Å². The van der Waals surface area contributed by atoms with Gasteiger partial charge in [0.05, 0.1) is 0 Å². The number of nitrogens with one attached hydrogen (secondary N) is 1. The van der Waals surface area contributed by atoms with Gasteiger partial charge in [0, 0.05) is 20.3 Å². The Balaban J connectivity index is 2.09. The third kappa shape index (κ3) is 3.11. The topological polar surface area (TPSA) is 12.0 Å². The fraction of sp³-hybridized carbons (Fsp3) is 0.333. The third-order valence-electron chi connectivity index (χ3n) is 2.53. The monoisotopic (exact) mass is 333 g/mol. The molecule has 0 saturated heterocycles. The highest BCUT2D eigenvalue weighted by molar-refractivity contribution is 14.1. The minimum absolute atomic E-state index is 0.480. The Hall–Kier alpha value is -0.220. The average Bonchev–Trinajstić information content (AvgIpc) is 2.24. The molecule has 0 aliphatic heterocycles. The molecular formula is C12H13ClIN. The minimum atomic E-state index is 0.480. The lowest BCUT2D eigenvalue weighted by atomic mass is 10.0. The standard InChI is InChI=1S/C12H13ClIN/c13-9-6-7-12(11(14)8-9)15-10-4-2-1-3-5-10/h2,4,6-8,10,15H,1,3,5H2. The van der Waals surface area contributed by atoms with E-state index in [0.717, 1.165) is 5.02 Å². The Morgan fingerprint density at radius 1 is 1.40 bits per heavy atom. The number of hydrogen-bond acceptors (Lipinski definition) is 1. The molecule has 0 radical (unpaired) electrons. The molecule has 1 aromatic carbocycles. The fourth-order valence-electron chi connectivity index (χ4n) is 1.74. The Bertz CT molecular complexity index is 376. The maximum absolute atomic E-state index is 5.91. The summed E-state index contributed by atoms with van der Waals surface area (Å²) in [6.45, 7) is 0. The van der Waals surface area contributed by atoms with E-state index >= 15 is 0 Å². The van der Waals surface area contributed by atoms with Crippen LogP contribution < -0.4 is 5.32 Å². The summed E-state index contributed by atoms with van der Waals surface area (Å²) in [5.41, 5.74) is 1.18. The summed E-state index contributed by atoms with van der Waals surface area (Å²) >= 11 is 8.22. The van der Waals surface area contributed by atoms with Gasteiger partial charge in [0.25, 0.3) is 0 Å². The summed E-state index contributed by atoms with van der Waals surface area (Å²) in [5.74, 6) is 0. The van der Waals surface area contributed by atoms with Crippen LogP contribution in [0.25, 0.3) is 0 Å². The molecule has 1 atom stereocenters. The van der Waals surface area contributed by atoms with Crippen molar-refractivity contribution >= 4 is 39.9 Å². The highest BCUT2D eigenvalue weighted by atomic mass is 127. The molecule has 1 aliphatic carbocycles. The van der Waals surface area contributed by atoms with Crippen LogP contribution in [0.4, 0.5) is 5.69 Å². The molecule has 15 heavy (non-hydrogen) atoms. The quantitative estimate of drug-likeness (QED) is 0.622. The zero-order chi connectivity index (χ0) is 10.7. The van der Waals surface area contributed by atoms with Crippen molar-refractivity contribution in [3.05, 3.63) is 38.9 Å². The summed E-state index contributed by atoms with van der Waals surface area (Å²) in [6.07, 6.45) is 8.22. The van der Waals surface area contributed by atoms with Crippen LogP contribution in [0.1, 0.15) is 19.3 Å². The smallest absolute Gasteiger partial charge is 0.0481 e. The zero-order valence-electron chi connectivity index (χ0n) is 8.34. The van der Waals surface area contributed by atoms with Gasteiger partial charge in [-0.3, -0.25) is 0 Å². The molecule has 0 bridgehead atoms. The third-order valence-corrected chi connectivity index (χ3v) is 3.65. The van der Waals surface area contributed by atoms with Gasteiger partial charge in [-0.2, -0.15) is 0 Å². The minimum Gasteiger partial charge on any atom is -0.378 e. The maximum Gasteiger partial charge on any atom is 0.0481 e. The number of halogens is 2. The summed E-state index contributed by atoms with van der Waals surface area (Å²) in [4.78, 5) is 0. The highest BCUT2D eigenvalue weighted by Gasteiger charge is 2.09. The lowest BCUT2D eigenvalue weighted by molar-refractivity contribution is 0.673. The Labute approximate surface area is 109 Å². The number of rotatable bonds is 2. The largest absolute Gasteiger partial charge is 0.378 e. The second-order valence-corrected chi connectivity index (χ2v) is 5.33. The first-order chi connectivity index (χ1) is 7.25. The molecular weight excluding hydrogens is 320 g/mol. The van der Waals surface area contributed by atoms with Crippen LogP contribution in [-0.2, 0) is 0 Å². The average molecular weight is 334 g/mol. The van der Waals surface area contributed by atoms with Crippen molar-refractivity contribution in [3.63, 3.8) is 0 Å². The molecule has 1 unspecified atom stereocenters. The Kier molecular flexibility index (Phi) is 3.92. The first kappa shape index (κ1) is 11.3. The molecule has 0 saturated carbocycles. The predicted molar refractivity (Wildman–Crippen MR) is 74.6 cm³/mol. The molecule has 3 heteroatoms. The van der Waals surface area contributed by atoms with E-state index in [2.05, 4.69) is 40.1 Å². The molecule has 0 heterocycles. The van der Waals surface area contributed by atoms with E-state index in [0.29, 0.717) is 6.04 Å². The van der Waals surface area contributed by atoms with Gasteiger partial charge >= 0.3 is 0 Å². The van der Waals surface area contributed by atoms with Crippen molar-refractivity contribution in [2.45, 2.75) is 25.3 Å². The van der Waals surface area contributed by atoms with Crippen molar-refractivity contribution < 1.29 is 0 Å². The molecule has 1 N–H and O–H groups in total. The van der Waals surface area contributed by atoms with Crippen molar-refractivity contribution in [2.75, 3.05) is 5.32 Å². The molecule has 80 valence electrons. The summed E-state index contributed by atoms with van der Waals surface area (Å²) in [5, 5.41) is 4.32. The second kappa shape index (κ2) is 5.21. The lowest BCUT2D eigenvalue weighted by Crippen LogP contribution is -2.19. The maximum atomic E-state index is 5.91. The lowest BCUT2D eigenvalue weighted by Gasteiger charge is -2.20. The number of hydrogen-bond donors (Lipinski definition) is 1. The number of anilines is 1. The molecule has 0 aromatic heterocycles. The van der Waals surface area contributed by atoms with Gasteiger partial charge in [-0.05, 0) is 60.1 Å². The fourth-order valence-corrected chi connectivity index (χ4v) is 2.77. The van der Waals surface area contributed by atoms with Crippen LogP contribution in [0.15, 0.2) is 30.4 Å². The van der Waals surface area contributed by atoms with Gasteiger partial charge in [0.15, 0.2) is 0 Å². The van der Waals surface area contributed by atoms with Gasteiger partial charge in [-0.1, -0.05) is 23.8 Å². The molecule has 1 aromatic rings. The second-order valence-electron chi connectivity index (χ2n) is 3.73. The predicted octanol–water partition coefficient (Wildman–Crippen LogP) is 4.47. The van der Waals surface area contributed by atoms with E-state index in [1.807, 2.05) is 18.2 Å². The normalized spacial score (nSPS) is 20.3.